The zero-order valence-corrected chi connectivity index (χ0v) is 11.9. The number of hydrogen-bond acceptors (Lipinski definition) is 4. The lowest BCUT2D eigenvalue weighted by molar-refractivity contribution is 0.0594. The lowest BCUT2D eigenvalue weighted by Gasteiger charge is -2.36. The number of nitrogens with zero attached hydrogens (tertiary/aromatic N) is 1. The van der Waals surface area contributed by atoms with Gasteiger partial charge in [0.25, 0.3) is 0 Å². The maximum Gasteiger partial charge on any atom is 0.356 e. The Kier molecular flexibility index (Phi) is 4.08. The Morgan fingerprint density at radius 1 is 1.53 bits per heavy atom. The predicted octanol–water partition coefficient (Wildman–Crippen LogP) is 3.25. The van der Waals surface area contributed by atoms with Gasteiger partial charge in [-0.05, 0) is 36.8 Å². The molecule has 1 aliphatic carbocycles. The second-order valence-corrected chi connectivity index (χ2v) is 6.02. The summed E-state index contributed by atoms with van der Waals surface area (Å²) in [5.41, 5.74) is 1.69. The molecule has 1 fully saturated rings. The van der Waals surface area contributed by atoms with Crippen LogP contribution in [0.5, 0.6) is 0 Å². The molecule has 1 saturated carbocycles. The molecule has 0 spiro atoms. The molecule has 1 aliphatic rings. The number of carbonyl (C=O) groups excluding carboxylic acids is 1. The molecule has 19 heavy (non-hydrogen) atoms. The molecule has 1 aromatic heterocycles. The largest absolute Gasteiger partial charge is 0.464 e. The van der Waals surface area contributed by atoms with Gasteiger partial charge in [-0.1, -0.05) is 20.3 Å². The number of methoxy groups -OCH3 is 1. The van der Waals surface area contributed by atoms with Crippen LogP contribution in [0.4, 0.5) is 5.69 Å². The first-order valence-corrected chi connectivity index (χ1v) is 6.81. The minimum absolute atomic E-state index is 0.350. The molecule has 0 amide bonds. The smallest absolute Gasteiger partial charge is 0.356 e. The first kappa shape index (κ1) is 13.8. The van der Waals surface area contributed by atoms with Crippen LogP contribution >= 0.6 is 0 Å². The summed E-state index contributed by atoms with van der Waals surface area (Å²) in [6.45, 7) is 4.63. The number of pyridine rings is 1. The highest BCUT2D eigenvalue weighted by atomic mass is 16.5. The van der Waals surface area contributed by atoms with Crippen LogP contribution in [-0.4, -0.2) is 24.1 Å². The maximum absolute atomic E-state index is 11.4. The Bertz CT molecular complexity index is 457. The average molecular weight is 262 g/mol. The van der Waals surface area contributed by atoms with Crippen LogP contribution in [0.1, 0.15) is 50.0 Å². The van der Waals surface area contributed by atoms with E-state index >= 15 is 0 Å². The fraction of sp³-hybridized carbons (Fsp3) is 0.600. The molecule has 0 aromatic carbocycles. The molecule has 4 heteroatoms. The highest BCUT2D eigenvalue weighted by molar-refractivity contribution is 5.88. The Hall–Kier alpha value is -1.58. The van der Waals surface area contributed by atoms with Gasteiger partial charge < -0.3 is 10.1 Å². The van der Waals surface area contributed by atoms with Crippen LogP contribution < -0.4 is 5.32 Å². The van der Waals surface area contributed by atoms with E-state index in [1.807, 2.05) is 6.07 Å². The normalized spacial score (nSPS) is 21.7. The van der Waals surface area contributed by atoms with E-state index in [1.165, 1.54) is 26.4 Å². The van der Waals surface area contributed by atoms with Crippen LogP contribution in [-0.2, 0) is 4.74 Å². The van der Waals surface area contributed by atoms with Gasteiger partial charge in [0.1, 0.15) is 5.69 Å². The van der Waals surface area contributed by atoms with E-state index in [9.17, 15) is 4.79 Å². The zero-order chi connectivity index (χ0) is 13.9. The van der Waals surface area contributed by atoms with Crippen molar-refractivity contribution in [1.82, 2.24) is 4.98 Å². The molecule has 1 atom stereocenters. The summed E-state index contributed by atoms with van der Waals surface area (Å²) in [4.78, 5) is 15.5. The molecule has 2 rings (SSSR count). The summed E-state index contributed by atoms with van der Waals surface area (Å²) in [6.07, 6.45) is 6.51. The van der Waals surface area contributed by atoms with E-state index in [4.69, 9.17) is 0 Å². The second kappa shape index (κ2) is 5.59. The fourth-order valence-electron chi connectivity index (χ4n) is 2.79. The van der Waals surface area contributed by atoms with Gasteiger partial charge in [0.15, 0.2) is 0 Å². The number of nitrogens with one attached hydrogen (secondary N) is 1. The van der Waals surface area contributed by atoms with Gasteiger partial charge in [-0.2, -0.15) is 0 Å². The monoisotopic (exact) mass is 262 g/mol. The van der Waals surface area contributed by atoms with Crippen molar-refractivity contribution in [2.75, 3.05) is 12.4 Å². The molecule has 0 radical (unpaired) electrons. The van der Waals surface area contributed by atoms with E-state index in [0.717, 1.165) is 12.1 Å². The topological polar surface area (TPSA) is 51.2 Å². The molecule has 1 unspecified atom stereocenters. The average Bonchev–Trinajstić information content (AvgIpc) is 2.37. The van der Waals surface area contributed by atoms with Crippen molar-refractivity contribution in [1.29, 1.82) is 0 Å². The number of esters is 1. The maximum atomic E-state index is 11.4. The van der Waals surface area contributed by atoms with Crippen molar-refractivity contribution in [2.24, 2.45) is 5.41 Å². The first-order valence-electron chi connectivity index (χ1n) is 6.81. The van der Waals surface area contributed by atoms with E-state index < -0.39 is 5.97 Å². The number of hydrogen-bond donors (Lipinski definition) is 1. The standard InChI is InChI=1S/C15H22N2O2/c1-15(2)7-4-5-12(10-15)17-11-6-8-16-13(9-11)14(18)19-3/h6,8-9,12H,4-5,7,10H2,1-3H3,(H,16,17). The van der Waals surface area contributed by atoms with Crippen molar-refractivity contribution in [3.05, 3.63) is 24.0 Å². The number of carbonyl (C=O) groups is 1. The van der Waals surface area contributed by atoms with Crippen LogP contribution in [0.25, 0.3) is 0 Å². The highest BCUT2D eigenvalue weighted by Crippen LogP contribution is 2.36. The molecule has 1 N–H and O–H groups in total. The van der Waals surface area contributed by atoms with E-state index in [-0.39, 0.29) is 0 Å². The first-order chi connectivity index (χ1) is 9.00. The van der Waals surface area contributed by atoms with Gasteiger partial charge >= 0.3 is 5.97 Å². The molecule has 1 aromatic rings. The Labute approximate surface area is 114 Å². The van der Waals surface area contributed by atoms with Gasteiger partial charge in [0.2, 0.25) is 0 Å². The quantitative estimate of drug-likeness (QED) is 0.850. The third-order valence-electron chi connectivity index (χ3n) is 3.73. The molecule has 0 aliphatic heterocycles. The highest BCUT2D eigenvalue weighted by Gasteiger charge is 2.27. The molecular formula is C15H22N2O2. The second-order valence-electron chi connectivity index (χ2n) is 6.02. The molecular weight excluding hydrogens is 240 g/mol. The zero-order valence-electron chi connectivity index (χ0n) is 11.9. The number of ether oxygens (including phenoxy) is 1. The van der Waals surface area contributed by atoms with Crippen LogP contribution in [0, 0.1) is 5.41 Å². The van der Waals surface area contributed by atoms with E-state index in [1.54, 1.807) is 12.3 Å². The molecule has 1 heterocycles. The van der Waals surface area contributed by atoms with Crippen molar-refractivity contribution in [3.8, 4) is 0 Å². The Morgan fingerprint density at radius 3 is 3.00 bits per heavy atom. The van der Waals surface area contributed by atoms with Gasteiger partial charge in [0.05, 0.1) is 7.11 Å². The molecule has 0 bridgehead atoms. The molecule has 0 saturated heterocycles. The molecule has 104 valence electrons. The van der Waals surface area contributed by atoms with E-state index in [0.29, 0.717) is 17.2 Å². The van der Waals surface area contributed by atoms with Gasteiger partial charge in [-0.3, -0.25) is 0 Å². The summed E-state index contributed by atoms with van der Waals surface area (Å²) in [7, 11) is 1.37. The summed E-state index contributed by atoms with van der Waals surface area (Å²) >= 11 is 0. The predicted molar refractivity (Wildman–Crippen MR) is 75.2 cm³/mol. The Morgan fingerprint density at radius 2 is 2.32 bits per heavy atom. The molecule has 4 nitrogen and oxygen atoms in total. The minimum atomic E-state index is -0.396. The van der Waals surface area contributed by atoms with Crippen LogP contribution in [0.2, 0.25) is 0 Å². The minimum Gasteiger partial charge on any atom is -0.464 e. The van der Waals surface area contributed by atoms with Crippen LogP contribution in [0.3, 0.4) is 0 Å². The van der Waals surface area contributed by atoms with Gasteiger partial charge in [-0.15, -0.1) is 0 Å². The number of aromatic nitrogens is 1. The summed E-state index contributed by atoms with van der Waals surface area (Å²) in [5, 5.41) is 3.51. The lowest BCUT2D eigenvalue weighted by Crippen LogP contribution is -2.31. The number of rotatable bonds is 3. The Balaban J connectivity index is 2.05. The van der Waals surface area contributed by atoms with Crippen molar-refractivity contribution in [2.45, 2.75) is 45.6 Å². The SMILES string of the molecule is COC(=O)c1cc(NC2CCCC(C)(C)C2)ccn1. The fourth-order valence-corrected chi connectivity index (χ4v) is 2.79. The van der Waals surface area contributed by atoms with Gasteiger partial charge in [-0.25, -0.2) is 9.78 Å². The number of anilines is 1. The third kappa shape index (κ3) is 3.69. The lowest BCUT2D eigenvalue weighted by atomic mass is 9.75. The summed E-state index contributed by atoms with van der Waals surface area (Å²) in [6, 6.07) is 4.12. The van der Waals surface area contributed by atoms with Crippen molar-refractivity contribution >= 4 is 11.7 Å². The van der Waals surface area contributed by atoms with Crippen molar-refractivity contribution in [3.63, 3.8) is 0 Å². The third-order valence-corrected chi connectivity index (χ3v) is 3.73. The van der Waals surface area contributed by atoms with Crippen LogP contribution in [0.15, 0.2) is 18.3 Å². The van der Waals surface area contributed by atoms with E-state index in [2.05, 4.69) is 28.9 Å². The van der Waals surface area contributed by atoms with Crippen molar-refractivity contribution < 1.29 is 9.53 Å². The summed E-state index contributed by atoms with van der Waals surface area (Å²) in [5.74, 6) is -0.396. The van der Waals surface area contributed by atoms with Gasteiger partial charge in [0, 0.05) is 17.9 Å². The summed E-state index contributed by atoms with van der Waals surface area (Å²) < 4.78 is 4.69.